The van der Waals surface area contributed by atoms with Crippen LogP contribution in [0.1, 0.15) is 36.8 Å². The third kappa shape index (κ3) is 8.38. The van der Waals surface area contributed by atoms with Crippen LogP contribution in [0.3, 0.4) is 0 Å². The van der Waals surface area contributed by atoms with Gasteiger partial charge in [-0.3, -0.25) is 10.3 Å². The van der Waals surface area contributed by atoms with Gasteiger partial charge >= 0.3 is 0 Å². The molecule has 3 aromatic rings. The van der Waals surface area contributed by atoms with Gasteiger partial charge in [0.2, 0.25) is 0 Å². The topological polar surface area (TPSA) is 156 Å². The lowest BCUT2D eigenvalue weighted by Crippen LogP contribution is -2.53. The molecule has 11 nitrogen and oxygen atoms in total. The van der Waals surface area contributed by atoms with Gasteiger partial charge in [-0.2, -0.15) is 5.06 Å². The fraction of sp³-hybridized carbons (Fsp3) is 0.361. The number of nitrogens with one attached hydrogen (secondary N) is 3. The summed E-state index contributed by atoms with van der Waals surface area (Å²) in [7, 11) is 1.50. The van der Waals surface area contributed by atoms with Crippen molar-refractivity contribution in [3.63, 3.8) is 0 Å². The smallest absolute Gasteiger partial charge is 0.148 e. The number of anilines is 3. The predicted molar refractivity (Wildman–Crippen MR) is 189 cm³/mol. The molecule has 1 atom stereocenters. The Hall–Kier alpha value is -4.78. The van der Waals surface area contributed by atoms with Crippen LogP contribution in [0.4, 0.5) is 21.5 Å². The van der Waals surface area contributed by atoms with Gasteiger partial charge in [0, 0.05) is 81.3 Å². The summed E-state index contributed by atoms with van der Waals surface area (Å²) in [5, 5.41) is 40.6. The molecule has 0 aromatic heterocycles. The van der Waals surface area contributed by atoms with Crippen LogP contribution in [0.5, 0.6) is 5.75 Å². The van der Waals surface area contributed by atoms with Crippen LogP contribution >= 0.6 is 0 Å². The van der Waals surface area contributed by atoms with Crippen molar-refractivity contribution in [2.75, 3.05) is 61.4 Å². The largest absolute Gasteiger partial charge is 0.507 e. The third-order valence-electron chi connectivity index (χ3n) is 9.24. The molecule has 254 valence electrons. The maximum Gasteiger partial charge on any atom is 0.148 e. The van der Waals surface area contributed by atoms with E-state index in [2.05, 4.69) is 20.0 Å². The van der Waals surface area contributed by atoms with Gasteiger partial charge in [-0.1, -0.05) is 24.3 Å². The third-order valence-corrected chi connectivity index (χ3v) is 9.24. The van der Waals surface area contributed by atoms with E-state index in [9.17, 15) is 15.1 Å². The average molecular weight is 657 g/mol. The minimum absolute atomic E-state index is 0.00508. The lowest BCUT2D eigenvalue weighted by molar-refractivity contribution is -0.111. The van der Waals surface area contributed by atoms with Crippen molar-refractivity contribution < 1.29 is 19.5 Å². The van der Waals surface area contributed by atoms with Crippen molar-refractivity contribution >= 4 is 40.5 Å². The highest BCUT2D eigenvalue weighted by Crippen LogP contribution is 2.29. The van der Waals surface area contributed by atoms with Gasteiger partial charge < -0.3 is 41.4 Å². The monoisotopic (exact) mass is 656 g/mol. The fourth-order valence-corrected chi connectivity index (χ4v) is 6.53. The number of carbonyl (C=O) groups excluding carboxylic acids is 1. The molecule has 0 amide bonds. The number of hydroxylamine groups is 2. The van der Waals surface area contributed by atoms with Gasteiger partial charge in [0.05, 0.1) is 11.4 Å². The van der Waals surface area contributed by atoms with Gasteiger partial charge in [-0.05, 0) is 73.4 Å². The number of phenols is 1. The number of amidine groups is 1. The second kappa shape index (κ2) is 15.9. The molecule has 0 saturated carbocycles. The van der Waals surface area contributed by atoms with Crippen LogP contribution < -0.4 is 20.9 Å². The highest BCUT2D eigenvalue weighted by Gasteiger charge is 2.28. The number of halogens is 1. The van der Waals surface area contributed by atoms with Gasteiger partial charge in [-0.25, -0.2) is 4.39 Å². The number of para-hydroxylation sites is 1. The Balaban J connectivity index is 1.12. The average Bonchev–Trinajstić information content (AvgIpc) is 3.09. The summed E-state index contributed by atoms with van der Waals surface area (Å²) < 4.78 is 15.2. The van der Waals surface area contributed by atoms with E-state index in [0.29, 0.717) is 35.0 Å². The molecule has 12 heteroatoms. The van der Waals surface area contributed by atoms with Crippen LogP contribution in [-0.2, 0) is 4.79 Å². The summed E-state index contributed by atoms with van der Waals surface area (Å²) in [5.41, 5.74) is 9.72. The molecule has 0 spiro atoms. The van der Waals surface area contributed by atoms with Crippen molar-refractivity contribution in [3.05, 3.63) is 89.8 Å². The molecule has 2 fully saturated rings. The van der Waals surface area contributed by atoms with Crippen LogP contribution in [0.2, 0.25) is 0 Å². The van der Waals surface area contributed by atoms with E-state index in [1.807, 2.05) is 30.3 Å². The van der Waals surface area contributed by atoms with Crippen LogP contribution in [0.25, 0.3) is 5.57 Å². The van der Waals surface area contributed by atoms with E-state index in [1.54, 1.807) is 24.3 Å². The van der Waals surface area contributed by atoms with Crippen LogP contribution in [-0.4, -0.2) is 96.6 Å². The molecule has 2 heterocycles. The number of carbonyl (C=O) groups is 1. The van der Waals surface area contributed by atoms with Gasteiger partial charge in [0.15, 0.2) is 0 Å². The summed E-state index contributed by atoms with van der Waals surface area (Å²) in [5.74, 6) is -0.458. The zero-order valence-electron chi connectivity index (χ0n) is 27.3. The standard InChI is InChI=1S/C36H45FN8O3/c1-42(48)35(7-4-22-46)41-26-10-13-33(31(37)23-26)45-20-18-44(19-21-45)28-14-16-43(17-15-28)27-11-8-25(9-12-27)30(36(39)40)24-32(38)29-5-2-3-6-34(29)47/h2-3,5-6,8-13,22-24,28,35,38,41,47-48H,4,7,14-21H2,1H3,(H3,39,40)/b30-24-,38-32?. The molecular formula is C36H45FN8O3. The summed E-state index contributed by atoms with van der Waals surface area (Å²) in [4.78, 5) is 17.7. The Kier molecular flexibility index (Phi) is 11.4. The van der Waals surface area contributed by atoms with E-state index < -0.39 is 6.17 Å². The Morgan fingerprint density at radius 1 is 1.02 bits per heavy atom. The highest BCUT2D eigenvalue weighted by molar-refractivity contribution is 6.27. The number of benzene rings is 3. The number of rotatable bonds is 13. The van der Waals surface area contributed by atoms with E-state index in [1.165, 1.54) is 25.3 Å². The molecule has 0 bridgehead atoms. The van der Waals surface area contributed by atoms with Crippen molar-refractivity contribution in [3.8, 4) is 5.75 Å². The second-order valence-corrected chi connectivity index (χ2v) is 12.3. The maximum absolute atomic E-state index is 15.2. The fourth-order valence-electron chi connectivity index (χ4n) is 6.53. The summed E-state index contributed by atoms with van der Waals surface area (Å²) in [6, 6.07) is 20.0. The first-order valence-corrected chi connectivity index (χ1v) is 16.3. The maximum atomic E-state index is 15.2. The lowest BCUT2D eigenvalue weighted by atomic mass is 9.98. The SMILES string of the molecule is CN(O)C(CCC=O)Nc1ccc(N2CCN(C3CCN(c4ccc(/C(=C/C(=N)c5ccccc5O)C(=N)N)cc4)CC3)CC2)c(F)c1. The van der Waals surface area contributed by atoms with Crippen molar-refractivity contribution in [1.82, 2.24) is 9.96 Å². The molecule has 2 aliphatic rings. The lowest BCUT2D eigenvalue weighted by Gasteiger charge is -2.44. The second-order valence-electron chi connectivity index (χ2n) is 12.3. The molecule has 1 unspecified atom stereocenters. The highest BCUT2D eigenvalue weighted by atomic mass is 19.1. The van der Waals surface area contributed by atoms with Crippen LogP contribution in [0, 0.1) is 16.6 Å². The minimum Gasteiger partial charge on any atom is -0.507 e. The number of piperidine rings is 1. The number of phenolic OH excluding ortho intramolecular Hbond substituents is 1. The zero-order chi connectivity index (χ0) is 34.2. The predicted octanol–water partition coefficient (Wildman–Crippen LogP) is 4.75. The number of hydrogen-bond donors (Lipinski definition) is 6. The number of aldehydes is 1. The molecule has 2 saturated heterocycles. The Morgan fingerprint density at radius 3 is 2.31 bits per heavy atom. The Labute approximate surface area is 281 Å². The zero-order valence-corrected chi connectivity index (χ0v) is 27.3. The molecule has 3 aromatic carbocycles. The van der Waals surface area contributed by atoms with Gasteiger partial charge in [0.25, 0.3) is 0 Å². The molecule has 48 heavy (non-hydrogen) atoms. The number of hydrogen-bond acceptors (Lipinski definition) is 10. The quantitative estimate of drug-likeness (QED) is 0.0503. The number of nitrogens with zero attached hydrogens (tertiary/aromatic N) is 4. The van der Waals surface area contributed by atoms with E-state index >= 15 is 4.39 Å². The van der Waals surface area contributed by atoms with E-state index in [0.717, 1.165) is 74.7 Å². The van der Waals surface area contributed by atoms with Crippen molar-refractivity contribution in [2.24, 2.45) is 5.73 Å². The first-order chi connectivity index (χ1) is 23.1. The summed E-state index contributed by atoms with van der Waals surface area (Å²) in [6.07, 6.45) is 4.57. The van der Waals surface area contributed by atoms with Crippen LogP contribution in [0.15, 0.2) is 72.8 Å². The number of allylic oxidation sites excluding steroid dienone is 1. The first kappa shape index (κ1) is 34.6. The Bertz CT molecular complexity index is 1610. The van der Waals surface area contributed by atoms with Crippen molar-refractivity contribution in [1.29, 1.82) is 10.8 Å². The Morgan fingerprint density at radius 2 is 1.71 bits per heavy atom. The van der Waals surface area contributed by atoms with Gasteiger partial charge in [0.1, 0.15) is 29.9 Å². The molecular weight excluding hydrogens is 611 g/mol. The molecule has 7 N–H and O–H groups in total. The molecule has 2 aliphatic heterocycles. The van der Waals surface area contributed by atoms with Gasteiger partial charge in [-0.15, -0.1) is 0 Å². The van der Waals surface area contributed by atoms with Crippen molar-refractivity contribution in [2.45, 2.75) is 37.9 Å². The molecule has 0 aliphatic carbocycles. The summed E-state index contributed by atoms with van der Waals surface area (Å²) in [6.45, 7) is 5.02. The number of aromatic hydroxyl groups is 1. The molecule has 0 radical (unpaired) electrons. The minimum atomic E-state index is -0.491. The number of piperazine rings is 1. The first-order valence-electron chi connectivity index (χ1n) is 16.3. The van der Waals surface area contributed by atoms with E-state index in [-0.39, 0.29) is 29.5 Å². The molecule has 5 rings (SSSR count). The normalized spacial score (nSPS) is 17.0. The number of nitrogens with two attached hydrogens (primary N) is 1. The van der Waals surface area contributed by atoms with E-state index in [4.69, 9.17) is 16.6 Å². The summed E-state index contributed by atoms with van der Waals surface area (Å²) >= 11 is 0.